The van der Waals surface area contributed by atoms with E-state index in [-0.39, 0.29) is 27.8 Å². The highest BCUT2D eigenvalue weighted by atomic mass is 32.2. The highest BCUT2D eigenvalue weighted by molar-refractivity contribution is 7.92. The number of nitriles is 1. The standard InChI is InChI=1S/C22H21N3O5S/c1-14-10-16-6-3-4-9-20(16)25(14)31(28,29)18-8-5-7-17(11-18)22(27)30-13-21(26)19(12-23)15(2)24/h3-9,11,14H,10,13,24H2,1-2H3/b19-15-/t14-/m1/s1. The van der Waals surface area contributed by atoms with Gasteiger partial charge in [-0.05, 0) is 50.1 Å². The molecule has 0 saturated heterocycles. The number of carbonyl (C=O) groups is 2. The Labute approximate surface area is 180 Å². The first-order chi connectivity index (χ1) is 14.7. The molecule has 1 heterocycles. The minimum atomic E-state index is -3.93. The van der Waals surface area contributed by atoms with Gasteiger partial charge >= 0.3 is 5.97 Å². The Hall–Kier alpha value is -3.64. The van der Waals surface area contributed by atoms with Gasteiger partial charge in [-0.3, -0.25) is 9.10 Å². The van der Waals surface area contributed by atoms with E-state index in [9.17, 15) is 18.0 Å². The van der Waals surface area contributed by atoms with Crippen molar-refractivity contribution < 1.29 is 22.7 Å². The number of sulfonamides is 1. The summed E-state index contributed by atoms with van der Waals surface area (Å²) in [5.74, 6) is -1.62. The molecule has 0 radical (unpaired) electrons. The Bertz CT molecular complexity index is 1220. The molecule has 2 N–H and O–H groups in total. The Kier molecular flexibility index (Phi) is 6.13. The summed E-state index contributed by atoms with van der Waals surface area (Å²) in [7, 11) is -3.93. The zero-order valence-electron chi connectivity index (χ0n) is 17.0. The van der Waals surface area contributed by atoms with Gasteiger partial charge in [-0.25, -0.2) is 13.2 Å². The van der Waals surface area contributed by atoms with E-state index >= 15 is 0 Å². The first-order valence-corrected chi connectivity index (χ1v) is 10.9. The van der Waals surface area contributed by atoms with Crippen molar-refractivity contribution in [3.05, 3.63) is 70.9 Å². The van der Waals surface area contributed by atoms with Gasteiger partial charge in [-0.1, -0.05) is 24.3 Å². The normalized spacial score (nSPS) is 16.2. The van der Waals surface area contributed by atoms with E-state index in [1.54, 1.807) is 18.2 Å². The van der Waals surface area contributed by atoms with Crippen LogP contribution in [0.2, 0.25) is 0 Å². The molecule has 0 unspecified atom stereocenters. The Balaban J connectivity index is 1.83. The van der Waals surface area contributed by atoms with Gasteiger partial charge in [0.2, 0.25) is 5.78 Å². The Morgan fingerprint density at radius 2 is 1.94 bits per heavy atom. The molecule has 2 aromatic rings. The fourth-order valence-corrected chi connectivity index (χ4v) is 5.20. The van der Waals surface area contributed by atoms with Crippen molar-refractivity contribution in [3.63, 3.8) is 0 Å². The topological polar surface area (TPSA) is 131 Å². The minimum absolute atomic E-state index is 0.0247. The number of ether oxygens (including phenoxy) is 1. The summed E-state index contributed by atoms with van der Waals surface area (Å²) in [6.45, 7) is 2.54. The molecule has 31 heavy (non-hydrogen) atoms. The molecule has 160 valence electrons. The molecule has 0 aromatic heterocycles. The van der Waals surface area contributed by atoms with Crippen molar-refractivity contribution in [3.8, 4) is 6.07 Å². The summed E-state index contributed by atoms with van der Waals surface area (Å²) in [5, 5.41) is 8.95. The number of hydrogen-bond acceptors (Lipinski definition) is 7. The van der Waals surface area contributed by atoms with Crippen LogP contribution in [0.5, 0.6) is 0 Å². The maximum Gasteiger partial charge on any atom is 0.338 e. The van der Waals surface area contributed by atoms with Gasteiger partial charge in [-0.15, -0.1) is 0 Å². The summed E-state index contributed by atoms with van der Waals surface area (Å²) >= 11 is 0. The predicted molar refractivity (Wildman–Crippen MR) is 114 cm³/mol. The maximum absolute atomic E-state index is 13.3. The van der Waals surface area contributed by atoms with E-state index < -0.39 is 28.4 Å². The molecule has 1 atom stereocenters. The van der Waals surface area contributed by atoms with E-state index in [1.807, 2.05) is 19.1 Å². The predicted octanol–water partition coefficient (Wildman–Crippen LogP) is 2.31. The number of nitrogens with zero attached hydrogens (tertiary/aromatic N) is 2. The number of hydrogen-bond donors (Lipinski definition) is 1. The third kappa shape index (κ3) is 4.29. The van der Waals surface area contributed by atoms with E-state index in [4.69, 9.17) is 15.7 Å². The number of allylic oxidation sites excluding steroid dienone is 1. The quantitative estimate of drug-likeness (QED) is 0.415. The lowest BCUT2D eigenvalue weighted by molar-refractivity contribution is -0.118. The number of Topliss-reactive ketones (excluding diaryl/α,β-unsaturated/α-hetero) is 1. The summed E-state index contributed by atoms with van der Waals surface area (Å²) in [6.07, 6.45) is 0.592. The van der Waals surface area contributed by atoms with Crippen LogP contribution in [-0.4, -0.2) is 32.8 Å². The van der Waals surface area contributed by atoms with Crippen molar-refractivity contribution in [2.45, 2.75) is 31.2 Å². The van der Waals surface area contributed by atoms with Crippen molar-refractivity contribution in [2.24, 2.45) is 5.73 Å². The minimum Gasteiger partial charge on any atom is -0.454 e. The van der Waals surface area contributed by atoms with E-state index in [0.717, 1.165) is 5.56 Å². The molecule has 0 amide bonds. The molecule has 2 aromatic carbocycles. The molecular weight excluding hydrogens is 418 g/mol. The Morgan fingerprint density at radius 3 is 2.61 bits per heavy atom. The summed E-state index contributed by atoms with van der Waals surface area (Å²) in [6, 6.07) is 14.1. The lowest BCUT2D eigenvalue weighted by atomic mass is 10.1. The molecule has 0 bridgehead atoms. The number of rotatable bonds is 6. The number of nitrogens with two attached hydrogens (primary N) is 1. The van der Waals surface area contributed by atoms with Gasteiger partial charge in [0.15, 0.2) is 6.61 Å². The van der Waals surface area contributed by atoms with Crippen LogP contribution in [-0.2, 0) is 26.0 Å². The highest BCUT2D eigenvalue weighted by Crippen LogP contribution is 2.36. The largest absolute Gasteiger partial charge is 0.454 e. The second kappa shape index (κ2) is 8.62. The van der Waals surface area contributed by atoms with Crippen LogP contribution in [0, 0.1) is 11.3 Å². The van der Waals surface area contributed by atoms with E-state index in [0.29, 0.717) is 12.1 Å². The average molecular weight is 439 g/mol. The summed E-state index contributed by atoms with van der Waals surface area (Å²) in [5.41, 5.74) is 6.72. The smallest absolute Gasteiger partial charge is 0.338 e. The lowest BCUT2D eigenvalue weighted by Crippen LogP contribution is -2.35. The van der Waals surface area contributed by atoms with Crippen LogP contribution in [0.3, 0.4) is 0 Å². The second-order valence-electron chi connectivity index (χ2n) is 7.18. The monoisotopic (exact) mass is 439 g/mol. The second-order valence-corrected chi connectivity index (χ2v) is 8.99. The summed E-state index contributed by atoms with van der Waals surface area (Å²) < 4.78 is 32.9. The number of carbonyl (C=O) groups excluding carboxylic acids is 2. The van der Waals surface area contributed by atoms with Crippen molar-refractivity contribution >= 4 is 27.5 Å². The number of para-hydroxylation sites is 1. The van der Waals surface area contributed by atoms with Crippen LogP contribution < -0.4 is 10.0 Å². The first-order valence-electron chi connectivity index (χ1n) is 9.46. The number of esters is 1. The van der Waals surface area contributed by atoms with Crippen molar-refractivity contribution in [2.75, 3.05) is 10.9 Å². The number of anilines is 1. The summed E-state index contributed by atoms with van der Waals surface area (Å²) in [4.78, 5) is 24.3. The fourth-order valence-electron chi connectivity index (χ4n) is 3.46. The maximum atomic E-state index is 13.3. The van der Waals surface area contributed by atoms with Crippen molar-refractivity contribution in [1.29, 1.82) is 5.26 Å². The Morgan fingerprint density at radius 1 is 1.23 bits per heavy atom. The van der Waals surface area contributed by atoms with Crippen LogP contribution >= 0.6 is 0 Å². The van der Waals surface area contributed by atoms with E-state index in [1.165, 1.54) is 35.5 Å². The molecular formula is C22H21N3O5S. The van der Waals surface area contributed by atoms with Crippen LogP contribution in [0.1, 0.15) is 29.8 Å². The van der Waals surface area contributed by atoms with E-state index in [2.05, 4.69) is 0 Å². The molecule has 0 aliphatic carbocycles. The number of fused-ring (bicyclic) bond motifs is 1. The van der Waals surface area contributed by atoms with Gasteiger partial charge in [0.1, 0.15) is 11.6 Å². The van der Waals surface area contributed by atoms with Crippen LogP contribution in [0.4, 0.5) is 5.69 Å². The van der Waals surface area contributed by atoms with Gasteiger partial charge in [0.25, 0.3) is 10.0 Å². The first kappa shape index (κ1) is 22.1. The van der Waals surface area contributed by atoms with Crippen molar-refractivity contribution in [1.82, 2.24) is 0 Å². The zero-order valence-corrected chi connectivity index (χ0v) is 17.8. The molecule has 3 rings (SSSR count). The highest BCUT2D eigenvalue weighted by Gasteiger charge is 2.36. The molecule has 1 aliphatic heterocycles. The molecule has 8 nitrogen and oxygen atoms in total. The molecule has 1 aliphatic rings. The van der Waals surface area contributed by atoms with Gasteiger partial charge in [-0.2, -0.15) is 5.26 Å². The third-order valence-corrected chi connectivity index (χ3v) is 6.81. The third-order valence-electron chi connectivity index (χ3n) is 4.89. The molecule has 0 spiro atoms. The van der Waals surface area contributed by atoms with Gasteiger partial charge in [0.05, 0.1) is 16.1 Å². The number of ketones is 1. The molecule has 0 fully saturated rings. The fraction of sp³-hybridized carbons (Fsp3) is 0.227. The van der Waals surface area contributed by atoms with Gasteiger partial charge in [0, 0.05) is 11.7 Å². The number of benzene rings is 2. The SMILES string of the molecule is C/C(N)=C(\C#N)C(=O)COC(=O)c1cccc(S(=O)(=O)N2c3ccccc3C[C@H]2C)c1. The van der Waals surface area contributed by atoms with Crippen LogP contribution in [0.25, 0.3) is 0 Å². The van der Waals surface area contributed by atoms with Crippen LogP contribution in [0.15, 0.2) is 64.7 Å². The molecule has 0 saturated carbocycles. The zero-order chi connectivity index (χ0) is 22.8. The van der Waals surface area contributed by atoms with Gasteiger partial charge < -0.3 is 10.5 Å². The average Bonchev–Trinajstić information content (AvgIpc) is 3.08. The lowest BCUT2D eigenvalue weighted by Gasteiger charge is -2.24. The molecule has 9 heteroatoms.